The summed E-state index contributed by atoms with van der Waals surface area (Å²) in [7, 11) is 1.45. The maximum atomic E-state index is 12.0. The Morgan fingerprint density at radius 2 is 2.03 bits per heavy atom. The zero-order chi connectivity index (χ0) is 20.5. The number of hydrogen-bond acceptors (Lipinski definition) is 9. The second-order valence-corrected chi connectivity index (χ2v) is 7.42. The number of aliphatic hydroxyl groups is 2. The quantitative estimate of drug-likeness (QED) is 0.447. The van der Waals surface area contributed by atoms with Crippen LogP contribution >= 0.6 is 0 Å². The molecule has 2 aromatic heterocycles. The number of hydrogen-bond donors (Lipinski definition) is 5. The van der Waals surface area contributed by atoms with Gasteiger partial charge >= 0.3 is 0 Å². The summed E-state index contributed by atoms with van der Waals surface area (Å²) in [5.74, 6) is 0.542. The largest absolute Gasteiger partial charge is 0.387 e. The summed E-state index contributed by atoms with van der Waals surface area (Å²) in [4.78, 5) is 25.5. The lowest BCUT2D eigenvalue weighted by molar-refractivity contribution is -0.137. The van der Waals surface area contributed by atoms with Crippen molar-refractivity contribution in [2.24, 2.45) is 0 Å². The van der Waals surface area contributed by atoms with Crippen molar-refractivity contribution in [3.63, 3.8) is 0 Å². The molecule has 29 heavy (non-hydrogen) atoms. The molecule has 1 aliphatic carbocycles. The number of imidazole rings is 1. The number of carbonyl (C=O) groups excluding carboxylic acids is 1. The topological polar surface area (TPSA) is 146 Å². The van der Waals surface area contributed by atoms with E-state index >= 15 is 0 Å². The minimum absolute atomic E-state index is 0.334. The van der Waals surface area contributed by atoms with Crippen LogP contribution in [0.1, 0.15) is 38.8 Å². The molecule has 0 aromatic carbocycles. The van der Waals surface area contributed by atoms with Gasteiger partial charge in [-0.2, -0.15) is 9.97 Å². The van der Waals surface area contributed by atoms with Gasteiger partial charge in [-0.05, 0) is 19.8 Å². The lowest BCUT2D eigenvalue weighted by Crippen LogP contribution is -2.41. The van der Waals surface area contributed by atoms with E-state index in [0.29, 0.717) is 35.5 Å². The number of nitrogens with zero attached hydrogens (tertiary/aromatic N) is 4. The highest BCUT2D eigenvalue weighted by molar-refractivity contribution is 5.85. The first-order valence-corrected chi connectivity index (χ1v) is 10.0. The van der Waals surface area contributed by atoms with Gasteiger partial charge in [-0.3, -0.25) is 9.36 Å². The first-order valence-electron chi connectivity index (χ1n) is 10.0. The van der Waals surface area contributed by atoms with E-state index in [0.717, 1.165) is 12.8 Å². The van der Waals surface area contributed by atoms with Crippen LogP contribution in [0.2, 0.25) is 0 Å². The maximum absolute atomic E-state index is 12.0. The Morgan fingerprint density at radius 3 is 2.72 bits per heavy atom. The Hall–Kier alpha value is -2.50. The highest BCUT2D eigenvalue weighted by atomic mass is 16.6. The Kier molecular flexibility index (Phi) is 5.52. The fourth-order valence-corrected chi connectivity index (χ4v) is 3.95. The number of nitrogens with one attached hydrogen (secondary N) is 3. The van der Waals surface area contributed by atoms with Crippen molar-refractivity contribution >= 4 is 28.8 Å². The van der Waals surface area contributed by atoms with Crippen molar-refractivity contribution in [2.45, 2.75) is 63.2 Å². The smallest absolute Gasteiger partial charge is 0.251 e. The van der Waals surface area contributed by atoms with E-state index in [1.807, 2.05) is 6.92 Å². The van der Waals surface area contributed by atoms with Crippen LogP contribution in [0.25, 0.3) is 11.2 Å². The van der Waals surface area contributed by atoms with E-state index in [4.69, 9.17) is 4.74 Å². The first-order chi connectivity index (χ1) is 14.0. The molecule has 11 heteroatoms. The van der Waals surface area contributed by atoms with Gasteiger partial charge in [-0.15, -0.1) is 0 Å². The normalized spacial score (nSPS) is 27.4. The molecular weight excluding hydrogens is 378 g/mol. The molecular formula is C18H27N7O4. The molecule has 3 heterocycles. The van der Waals surface area contributed by atoms with Crippen LogP contribution in [0.15, 0.2) is 6.33 Å². The summed E-state index contributed by atoms with van der Waals surface area (Å²) in [5.41, 5.74) is 0.998. The molecule has 0 unspecified atom stereocenters. The van der Waals surface area contributed by atoms with Gasteiger partial charge in [-0.1, -0.05) is 12.8 Å². The predicted molar refractivity (Wildman–Crippen MR) is 105 cm³/mol. The van der Waals surface area contributed by atoms with Gasteiger partial charge in [-0.25, -0.2) is 4.98 Å². The molecule has 2 aliphatic rings. The fraction of sp³-hybridized carbons (Fsp3) is 0.667. The number of likely N-dealkylation sites (N-methyl/N-ethyl adjacent to an activating group) is 1. The van der Waals surface area contributed by atoms with Crippen LogP contribution < -0.4 is 16.0 Å². The van der Waals surface area contributed by atoms with Crippen molar-refractivity contribution in [3.05, 3.63) is 6.33 Å². The number of amides is 1. The molecule has 0 spiro atoms. The Bertz CT molecular complexity index is 882. The van der Waals surface area contributed by atoms with E-state index in [1.54, 1.807) is 0 Å². The van der Waals surface area contributed by atoms with Gasteiger partial charge in [0.2, 0.25) is 5.95 Å². The molecule has 1 aliphatic heterocycles. The number of aromatic nitrogens is 4. The molecule has 158 valence electrons. The van der Waals surface area contributed by atoms with E-state index in [2.05, 4.69) is 30.9 Å². The third kappa shape index (κ3) is 3.61. The van der Waals surface area contributed by atoms with Crippen molar-refractivity contribution in [3.8, 4) is 0 Å². The van der Waals surface area contributed by atoms with Crippen molar-refractivity contribution in [1.29, 1.82) is 0 Å². The minimum atomic E-state index is -1.36. The average Bonchev–Trinajstić information content (AvgIpc) is 3.43. The molecule has 2 fully saturated rings. The predicted octanol–water partition coefficient (Wildman–Crippen LogP) is -0.0222. The summed E-state index contributed by atoms with van der Waals surface area (Å²) < 4.78 is 7.21. The fourth-order valence-electron chi connectivity index (χ4n) is 3.95. The molecule has 4 rings (SSSR count). The first kappa shape index (κ1) is 19.8. The van der Waals surface area contributed by atoms with Crippen LogP contribution in [0.5, 0.6) is 0 Å². The number of rotatable bonds is 6. The lowest BCUT2D eigenvalue weighted by Gasteiger charge is -2.18. The zero-order valence-corrected chi connectivity index (χ0v) is 16.5. The second-order valence-electron chi connectivity index (χ2n) is 7.42. The van der Waals surface area contributed by atoms with Gasteiger partial charge in [0.25, 0.3) is 5.91 Å². The van der Waals surface area contributed by atoms with Crippen molar-refractivity contribution in [1.82, 2.24) is 24.8 Å². The molecule has 1 amide bonds. The van der Waals surface area contributed by atoms with Crippen molar-refractivity contribution < 1.29 is 19.7 Å². The summed E-state index contributed by atoms with van der Waals surface area (Å²) in [6.45, 7) is 2.59. The second kappa shape index (κ2) is 8.09. The van der Waals surface area contributed by atoms with Crippen LogP contribution in [0.4, 0.5) is 11.8 Å². The average molecular weight is 405 g/mol. The monoisotopic (exact) mass is 405 g/mol. The standard InChI is InChI=1S/C18H27N7O4/c1-3-20-18-23-14(22-9-6-4-5-7-9)10-15(24-18)25(8-21-10)17-12(27)11(26)13(29-17)16(28)19-2/h8-9,11-13,17,26-27H,3-7H2,1-2H3,(H,19,28)(H2,20,22,23,24)/t11-,12+,13-,17+/m0/s1. The van der Waals surface area contributed by atoms with E-state index in [-0.39, 0.29) is 0 Å². The number of carbonyl (C=O) groups is 1. The summed E-state index contributed by atoms with van der Waals surface area (Å²) >= 11 is 0. The Labute approximate surface area is 167 Å². The molecule has 4 atom stereocenters. The van der Waals surface area contributed by atoms with E-state index < -0.39 is 30.4 Å². The lowest BCUT2D eigenvalue weighted by atomic mass is 10.1. The summed E-state index contributed by atoms with van der Waals surface area (Å²) in [6.07, 6.45) is 1.16. The highest BCUT2D eigenvalue weighted by Crippen LogP contribution is 2.33. The molecule has 0 radical (unpaired) electrons. The molecule has 5 N–H and O–H groups in total. The van der Waals surface area contributed by atoms with Crippen LogP contribution in [0.3, 0.4) is 0 Å². The Balaban J connectivity index is 1.71. The minimum Gasteiger partial charge on any atom is -0.387 e. The van der Waals surface area contributed by atoms with Crippen LogP contribution in [0, 0.1) is 0 Å². The van der Waals surface area contributed by atoms with Gasteiger partial charge in [0.15, 0.2) is 29.3 Å². The van der Waals surface area contributed by atoms with E-state index in [9.17, 15) is 15.0 Å². The van der Waals surface area contributed by atoms with Crippen molar-refractivity contribution in [2.75, 3.05) is 24.2 Å². The molecule has 11 nitrogen and oxygen atoms in total. The molecule has 0 bridgehead atoms. The molecule has 1 saturated carbocycles. The third-order valence-corrected chi connectivity index (χ3v) is 5.47. The number of aliphatic hydroxyl groups excluding tert-OH is 2. The summed E-state index contributed by atoms with van der Waals surface area (Å²) in [5, 5.41) is 29.8. The zero-order valence-electron chi connectivity index (χ0n) is 16.5. The number of fused-ring (bicyclic) bond motifs is 1. The Morgan fingerprint density at radius 1 is 1.28 bits per heavy atom. The van der Waals surface area contributed by atoms with Crippen LogP contribution in [-0.2, 0) is 9.53 Å². The van der Waals surface area contributed by atoms with Crippen LogP contribution in [-0.4, -0.2) is 73.6 Å². The third-order valence-electron chi connectivity index (χ3n) is 5.47. The molecule has 2 aromatic rings. The van der Waals surface area contributed by atoms with Gasteiger partial charge < -0.3 is 30.9 Å². The maximum Gasteiger partial charge on any atom is 0.251 e. The van der Waals surface area contributed by atoms with Gasteiger partial charge in [0, 0.05) is 19.6 Å². The highest BCUT2D eigenvalue weighted by Gasteiger charge is 2.47. The van der Waals surface area contributed by atoms with Gasteiger partial charge in [0.1, 0.15) is 12.2 Å². The number of anilines is 2. The molecule has 1 saturated heterocycles. The SMILES string of the molecule is CCNc1nc(NC2CCCC2)c2ncn([C@@H]3O[C@H](C(=O)NC)[C@@H](O)[C@H]3O)c2n1. The van der Waals surface area contributed by atoms with Gasteiger partial charge in [0.05, 0.1) is 6.33 Å². The summed E-state index contributed by atoms with van der Waals surface area (Å²) in [6, 6.07) is 0.334. The number of ether oxygens (including phenoxy) is 1. The van der Waals surface area contributed by atoms with E-state index in [1.165, 1.54) is 30.8 Å².